The van der Waals surface area contributed by atoms with E-state index in [1.54, 1.807) is 0 Å². The van der Waals surface area contributed by atoms with E-state index in [1.165, 1.54) is 0 Å². The number of carbonyl (C=O) groups is 1. The molecule has 1 aromatic rings. The second-order valence-corrected chi connectivity index (χ2v) is 6.07. The van der Waals surface area contributed by atoms with E-state index in [-0.39, 0.29) is 11.7 Å². The first-order chi connectivity index (χ1) is 7.76. The Labute approximate surface area is 109 Å². The van der Waals surface area contributed by atoms with Crippen molar-refractivity contribution in [1.29, 1.82) is 0 Å². The molecule has 1 aromatic heterocycles. The molecule has 1 rings (SSSR count). The molecule has 17 heavy (non-hydrogen) atoms. The molecule has 0 saturated heterocycles. The van der Waals surface area contributed by atoms with Crippen LogP contribution in [-0.2, 0) is 6.54 Å². The van der Waals surface area contributed by atoms with Crippen molar-refractivity contribution >= 4 is 17.4 Å². The van der Waals surface area contributed by atoms with Crippen LogP contribution in [0.1, 0.15) is 48.9 Å². The fourth-order valence-corrected chi connectivity index (χ4v) is 2.09. The minimum absolute atomic E-state index is 0.0155. The lowest BCUT2D eigenvalue weighted by Gasteiger charge is -2.20. The highest BCUT2D eigenvalue weighted by atomic mass is 35.5. The van der Waals surface area contributed by atoms with Gasteiger partial charge in [-0.05, 0) is 31.7 Å². The number of nitrogens with zero attached hydrogens (tertiary/aromatic N) is 1. The highest BCUT2D eigenvalue weighted by Gasteiger charge is 2.16. The topological polar surface area (TPSA) is 22.0 Å². The van der Waals surface area contributed by atoms with Crippen LogP contribution in [0.25, 0.3) is 0 Å². The number of halogens is 1. The average Bonchev–Trinajstić information content (AvgIpc) is 2.49. The standard InChI is InChI=1S/C14H22ClNO/c1-10-8-12(13(17)9-15)11(2)16(10)7-6-14(3,4)5/h8H,6-7,9H2,1-5H3. The predicted octanol–water partition coefficient (Wildman–Crippen LogP) is 3.96. The molecule has 96 valence electrons. The Morgan fingerprint density at radius 1 is 1.35 bits per heavy atom. The largest absolute Gasteiger partial charge is 0.348 e. The third-order valence-corrected chi connectivity index (χ3v) is 3.32. The molecule has 0 aliphatic rings. The Balaban J connectivity index is 2.94. The Kier molecular flexibility index (Phi) is 4.42. The number of Topliss-reactive ketones (excluding diaryl/α,β-unsaturated/α-hetero) is 1. The first kappa shape index (κ1) is 14.3. The van der Waals surface area contributed by atoms with E-state index in [4.69, 9.17) is 11.6 Å². The first-order valence-corrected chi connectivity index (χ1v) is 6.55. The Bertz CT molecular complexity index is 413. The maximum Gasteiger partial charge on any atom is 0.179 e. The number of rotatable bonds is 4. The first-order valence-electron chi connectivity index (χ1n) is 6.02. The lowest BCUT2D eigenvalue weighted by atomic mass is 9.92. The summed E-state index contributed by atoms with van der Waals surface area (Å²) in [4.78, 5) is 11.7. The number of aromatic nitrogens is 1. The number of hydrogen-bond donors (Lipinski definition) is 0. The number of hydrogen-bond acceptors (Lipinski definition) is 1. The number of carbonyl (C=O) groups excluding carboxylic acids is 1. The molecule has 0 saturated carbocycles. The highest BCUT2D eigenvalue weighted by Crippen LogP contribution is 2.23. The van der Waals surface area contributed by atoms with Crippen molar-refractivity contribution in [2.45, 2.75) is 47.6 Å². The lowest BCUT2D eigenvalue weighted by molar-refractivity contribution is 0.102. The SMILES string of the molecule is Cc1cc(C(=O)CCl)c(C)n1CCC(C)(C)C. The molecule has 0 aromatic carbocycles. The molecule has 0 N–H and O–H groups in total. The Morgan fingerprint density at radius 3 is 2.41 bits per heavy atom. The van der Waals surface area contributed by atoms with Crippen molar-refractivity contribution < 1.29 is 4.79 Å². The maximum absolute atomic E-state index is 11.7. The van der Waals surface area contributed by atoms with Crippen LogP contribution in [-0.4, -0.2) is 16.2 Å². The van der Waals surface area contributed by atoms with Gasteiger partial charge in [0, 0.05) is 23.5 Å². The van der Waals surface area contributed by atoms with Gasteiger partial charge in [0.1, 0.15) is 0 Å². The van der Waals surface area contributed by atoms with Gasteiger partial charge in [-0.3, -0.25) is 4.79 Å². The van der Waals surface area contributed by atoms with Gasteiger partial charge in [-0.1, -0.05) is 20.8 Å². The summed E-state index contributed by atoms with van der Waals surface area (Å²) in [5.74, 6) is 0.0746. The van der Waals surface area contributed by atoms with Gasteiger partial charge in [-0.25, -0.2) is 0 Å². The summed E-state index contributed by atoms with van der Waals surface area (Å²) in [5.41, 5.74) is 3.25. The normalized spacial score (nSPS) is 11.9. The van der Waals surface area contributed by atoms with E-state index >= 15 is 0 Å². The zero-order chi connectivity index (χ0) is 13.2. The molecular formula is C14H22ClNO. The number of ketones is 1. The van der Waals surface area contributed by atoms with E-state index in [1.807, 2.05) is 19.9 Å². The minimum atomic E-state index is 0.0155. The molecular weight excluding hydrogens is 234 g/mol. The molecule has 2 nitrogen and oxygen atoms in total. The van der Waals surface area contributed by atoms with Gasteiger partial charge in [0.15, 0.2) is 5.78 Å². The van der Waals surface area contributed by atoms with E-state index in [2.05, 4.69) is 25.3 Å². The molecule has 0 bridgehead atoms. The second kappa shape index (κ2) is 5.26. The van der Waals surface area contributed by atoms with Crippen LogP contribution < -0.4 is 0 Å². The third kappa shape index (κ3) is 3.60. The Morgan fingerprint density at radius 2 is 1.94 bits per heavy atom. The highest BCUT2D eigenvalue weighted by molar-refractivity contribution is 6.30. The summed E-state index contributed by atoms with van der Waals surface area (Å²) in [6, 6.07) is 1.95. The molecule has 0 aliphatic heterocycles. The van der Waals surface area contributed by atoms with Gasteiger partial charge in [0.2, 0.25) is 0 Å². The summed E-state index contributed by atoms with van der Waals surface area (Å²) >= 11 is 5.61. The van der Waals surface area contributed by atoms with Gasteiger partial charge in [-0.15, -0.1) is 11.6 Å². The van der Waals surface area contributed by atoms with Crippen molar-refractivity contribution in [3.05, 3.63) is 23.0 Å². The van der Waals surface area contributed by atoms with Gasteiger partial charge in [0.25, 0.3) is 0 Å². The molecule has 3 heteroatoms. The molecule has 1 heterocycles. The summed E-state index contributed by atoms with van der Waals surface area (Å²) in [6.45, 7) is 11.7. The quantitative estimate of drug-likeness (QED) is 0.590. The van der Waals surface area contributed by atoms with Crippen LogP contribution in [0.5, 0.6) is 0 Å². The van der Waals surface area contributed by atoms with Crippen LogP contribution in [0.2, 0.25) is 0 Å². The van der Waals surface area contributed by atoms with E-state index in [0.717, 1.165) is 29.9 Å². The van der Waals surface area contributed by atoms with Crippen LogP contribution in [0.15, 0.2) is 6.07 Å². The van der Waals surface area contributed by atoms with Crippen molar-refractivity contribution in [3.63, 3.8) is 0 Å². The predicted molar refractivity (Wildman–Crippen MR) is 73.0 cm³/mol. The summed E-state index contributed by atoms with van der Waals surface area (Å²) in [5, 5.41) is 0. The number of alkyl halides is 1. The molecule has 0 aliphatic carbocycles. The third-order valence-electron chi connectivity index (χ3n) is 3.08. The smallest absolute Gasteiger partial charge is 0.179 e. The lowest BCUT2D eigenvalue weighted by Crippen LogP contribution is -2.12. The van der Waals surface area contributed by atoms with Gasteiger partial charge in [-0.2, -0.15) is 0 Å². The van der Waals surface area contributed by atoms with Crippen LogP contribution in [0.4, 0.5) is 0 Å². The van der Waals surface area contributed by atoms with Crippen LogP contribution in [0.3, 0.4) is 0 Å². The zero-order valence-corrected chi connectivity index (χ0v) is 12.2. The monoisotopic (exact) mass is 255 g/mol. The van der Waals surface area contributed by atoms with E-state index in [9.17, 15) is 4.79 Å². The van der Waals surface area contributed by atoms with Gasteiger partial charge in [0.05, 0.1) is 5.88 Å². The summed E-state index contributed by atoms with van der Waals surface area (Å²) in [7, 11) is 0. The second-order valence-electron chi connectivity index (χ2n) is 5.80. The van der Waals surface area contributed by atoms with Crippen molar-refractivity contribution in [1.82, 2.24) is 4.57 Å². The minimum Gasteiger partial charge on any atom is -0.348 e. The fourth-order valence-electron chi connectivity index (χ4n) is 1.95. The molecule has 0 atom stereocenters. The van der Waals surface area contributed by atoms with Crippen LogP contribution in [0, 0.1) is 19.3 Å². The van der Waals surface area contributed by atoms with Gasteiger partial charge < -0.3 is 4.57 Å². The van der Waals surface area contributed by atoms with Crippen LogP contribution >= 0.6 is 11.6 Å². The average molecular weight is 256 g/mol. The van der Waals surface area contributed by atoms with Crippen molar-refractivity contribution in [2.75, 3.05) is 5.88 Å². The molecule has 0 spiro atoms. The maximum atomic E-state index is 11.7. The van der Waals surface area contributed by atoms with Crippen molar-refractivity contribution in [2.24, 2.45) is 5.41 Å². The molecule has 0 unspecified atom stereocenters. The molecule has 0 fully saturated rings. The Hall–Kier alpha value is -0.760. The van der Waals surface area contributed by atoms with E-state index < -0.39 is 0 Å². The summed E-state index contributed by atoms with van der Waals surface area (Å²) < 4.78 is 2.21. The zero-order valence-electron chi connectivity index (χ0n) is 11.4. The van der Waals surface area contributed by atoms with E-state index in [0.29, 0.717) is 5.41 Å². The summed E-state index contributed by atoms with van der Waals surface area (Å²) in [6.07, 6.45) is 1.10. The van der Waals surface area contributed by atoms with Gasteiger partial charge >= 0.3 is 0 Å². The van der Waals surface area contributed by atoms with Crippen molar-refractivity contribution in [3.8, 4) is 0 Å². The molecule has 0 radical (unpaired) electrons. The molecule has 0 amide bonds. The number of aryl methyl sites for hydroxylation is 1. The fraction of sp³-hybridized carbons (Fsp3) is 0.643.